The third-order valence-electron chi connectivity index (χ3n) is 5.03. The fourth-order valence-electron chi connectivity index (χ4n) is 3.76. The van der Waals surface area contributed by atoms with Gasteiger partial charge in [-0.15, -0.1) is 0 Å². The molecule has 0 spiro atoms. The van der Waals surface area contributed by atoms with E-state index in [2.05, 4.69) is 50.4 Å². The Morgan fingerprint density at radius 1 is 1.17 bits per heavy atom. The molecule has 0 fully saturated rings. The van der Waals surface area contributed by atoms with Crippen molar-refractivity contribution < 1.29 is 9.53 Å². The molecule has 0 heterocycles. The lowest BCUT2D eigenvalue weighted by molar-refractivity contribution is -0.119. The molecule has 0 saturated carbocycles. The van der Waals surface area contributed by atoms with Gasteiger partial charge in [0.1, 0.15) is 5.75 Å². The van der Waals surface area contributed by atoms with Crippen LogP contribution in [0.3, 0.4) is 0 Å². The average Bonchev–Trinajstić information content (AvgIpc) is 2.66. The van der Waals surface area contributed by atoms with Crippen LogP contribution in [0.2, 0.25) is 0 Å². The lowest BCUT2D eigenvalue weighted by Gasteiger charge is -2.19. The van der Waals surface area contributed by atoms with Gasteiger partial charge in [-0.3, -0.25) is 4.79 Å². The van der Waals surface area contributed by atoms with Gasteiger partial charge in [-0.1, -0.05) is 29.8 Å². The topological polar surface area (TPSA) is 38.3 Å². The monoisotopic (exact) mass is 323 g/mol. The summed E-state index contributed by atoms with van der Waals surface area (Å²) in [5.41, 5.74) is 8.53. The second-order valence-corrected chi connectivity index (χ2v) is 6.76. The molecule has 126 valence electrons. The predicted molar refractivity (Wildman–Crippen MR) is 97.5 cm³/mol. The van der Waals surface area contributed by atoms with Crippen molar-refractivity contribution in [3.05, 3.63) is 52.1 Å². The Bertz CT molecular complexity index is 808. The number of rotatable bonds is 2. The van der Waals surface area contributed by atoms with Gasteiger partial charge < -0.3 is 10.1 Å². The van der Waals surface area contributed by atoms with E-state index in [-0.39, 0.29) is 11.9 Å². The molecule has 0 radical (unpaired) electrons. The number of ether oxygens (including phenoxy) is 1. The van der Waals surface area contributed by atoms with Crippen LogP contribution in [0.15, 0.2) is 24.3 Å². The van der Waals surface area contributed by atoms with E-state index in [0.29, 0.717) is 0 Å². The molecule has 0 saturated heterocycles. The van der Waals surface area contributed by atoms with Gasteiger partial charge in [0.25, 0.3) is 0 Å². The van der Waals surface area contributed by atoms with Crippen molar-refractivity contribution in [1.82, 2.24) is 5.32 Å². The Balaban J connectivity index is 2.27. The molecule has 0 aliphatic heterocycles. The van der Waals surface area contributed by atoms with Gasteiger partial charge in [0.05, 0.1) is 13.2 Å². The van der Waals surface area contributed by atoms with Crippen molar-refractivity contribution in [2.45, 2.75) is 46.6 Å². The SMILES string of the molecule is COc1c(C)c(C)cc2c1CC[C@H](NC(C)=O)c1cc(C)ccc1-2. The maximum atomic E-state index is 11.7. The Kier molecular flexibility index (Phi) is 4.35. The van der Waals surface area contributed by atoms with Crippen LogP contribution in [0.1, 0.15) is 47.2 Å². The van der Waals surface area contributed by atoms with Gasteiger partial charge in [0.2, 0.25) is 5.91 Å². The van der Waals surface area contributed by atoms with Crippen molar-refractivity contribution in [2.24, 2.45) is 0 Å². The van der Waals surface area contributed by atoms with E-state index in [1.165, 1.54) is 38.9 Å². The number of nitrogens with one attached hydrogen (secondary N) is 1. The summed E-state index contributed by atoms with van der Waals surface area (Å²) in [6.45, 7) is 7.92. The summed E-state index contributed by atoms with van der Waals surface area (Å²) in [6.07, 6.45) is 1.76. The number of aryl methyl sites for hydroxylation is 2. The standard InChI is InChI=1S/C21H25NO2/c1-12-6-7-16-18-11-13(2)14(3)21(24-5)17(18)8-9-20(19(16)10-12)22-15(4)23/h6-7,10-11,20H,8-9H2,1-5H3,(H,22,23)/t20-/m0/s1. The number of hydrogen-bond acceptors (Lipinski definition) is 2. The smallest absolute Gasteiger partial charge is 0.217 e. The molecule has 1 atom stereocenters. The first-order chi connectivity index (χ1) is 11.4. The van der Waals surface area contributed by atoms with E-state index < -0.39 is 0 Å². The number of benzene rings is 2. The molecule has 1 aliphatic carbocycles. The number of fused-ring (bicyclic) bond motifs is 3. The molecule has 3 heteroatoms. The number of methoxy groups -OCH3 is 1. The second-order valence-electron chi connectivity index (χ2n) is 6.76. The van der Waals surface area contributed by atoms with Crippen molar-refractivity contribution in [3.63, 3.8) is 0 Å². The Morgan fingerprint density at radius 3 is 2.58 bits per heavy atom. The molecule has 1 amide bonds. The van der Waals surface area contributed by atoms with Crippen molar-refractivity contribution in [1.29, 1.82) is 0 Å². The highest BCUT2D eigenvalue weighted by atomic mass is 16.5. The fraction of sp³-hybridized carbons (Fsp3) is 0.381. The Labute approximate surface area is 144 Å². The Morgan fingerprint density at radius 2 is 1.92 bits per heavy atom. The molecule has 2 aromatic carbocycles. The number of amides is 1. The van der Waals surface area contributed by atoms with Crippen molar-refractivity contribution in [3.8, 4) is 16.9 Å². The quantitative estimate of drug-likeness (QED) is 0.889. The summed E-state index contributed by atoms with van der Waals surface area (Å²) < 4.78 is 5.75. The molecule has 0 bridgehead atoms. The maximum Gasteiger partial charge on any atom is 0.217 e. The molecule has 3 rings (SSSR count). The minimum atomic E-state index is 0.0118. The van der Waals surface area contributed by atoms with E-state index in [1.54, 1.807) is 14.0 Å². The van der Waals surface area contributed by atoms with Crippen LogP contribution in [0.5, 0.6) is 5.75 Å². The van der Waals surface area contributed by atoms with Gasteiger partial charge >= 0.3 is 0 Å². The zero-order valence-corrected chi connectivity index (χ0v) is 15.1. The first-order valence-corrected chi connectivity index (χ1v) is 8.47. The summed E-state index contributed by atoms with van der Waals surface area (Å²) in [5, 5.41) is 3.13. The average molecular weight is 323 g/mol. The first-order valence-electron chi connectivity index (χ1n) is 8.47. The highest BCUT2D eigenvalue weighted by Gasteiger charge is 2.26. The molecular weight excluding hydrogens is 298 g/mol. The van der Waals surface area contributed by atoms with Gasteiger partial charge in [0, 0.05) is 12.5 Å². The predicted octanol–water partition coefficient (Wildman–Crippen LogP) is 4.41. The van der Waals surface area contributed by atoms with Crippen LogP contribution in [-0.2, 0) is 11.2 Å². The zero-order chi connectivity index (χ0) is 17.4. The third kappa shape index (κ3) is 2.79. The first kappa shape index (κ1) is 16.6. The molecule has 3 nitrogen and oxygen atoms in total. The van der Waals surface area contributed by atoms with Gasteiger partial charge in [-0.05, 0) is 61.4 Å². The maximum absolute atomic E-state index is 11.7. The van der Waals surface area contributed by atoms with Crippen LogP contribution in [0, 0.1) is 20.8 Å². The molecule has 2 aromatic rings. The largest absolute Gasteiger partial charge is 0.496 e. The summed E-state index contributed by atoms with van der Waals surface area (Å²) >= 11 is 0. The Hall–Kier alpha value is -2.29. The lowest BCUT2D eigenvalue weighted by Crippen LogP contribution is -2.26. The van der Waals surface area contributed by atoms with E-state index >= 15 is 0 Å². The summed E-state index contributed by atoms with van der Waals surface area (Å²) in [5.74, 6) is 0.998. The summed E-state index contributed by atoms with van der Waals surface area (Å²) in [6, 6.07) is 8.82. The minimum absolute atomic E-state index is 0.0118. The number of carbonyl (C=O) groups is 1. The van der Waals surface area contributed by atoms with Crippen LogP contribution < -0.4 is 10.1 Å². The minimum Gasteiger partial charge on any atom is -0.496 e. The van der Waals surface area contributed by atoms with Crippen LogP contribution in [0.25, 0.3) is 11.1 Å². The van der Waals surface area contributed by atoms with Gasteiger partial charge in [-0.2, -0.15) is 0 Å². The number of carbonyl (C=O) groups excluding carboxylic acids is 1. The molecule has 1 aliphatic rings. The van der Waals surface area contributed by atoms with E-state index in [1.807, 2.05) is 0 Å². The van der Waals surface area contributed by atoms with Gasteiger partial charge in [0.15, 0.2) is 0 Å². The highest BCUT2D eigenvalue weighted by Crippen LogP contribution is 2.43. The third-order valence-corrected chi connectivity index (χ3v) is 5.03. The van der Waals surface area contributed by atoms with E-state index in [9.17, 15) is 4.79 Å². The van der Waals surface area contributed by atoms with Gasteiger partial charge in [-0.25, -0.2) is 0 Å². The van der Waals surface area contributed by atoms with Crippen LogP contribution in [-0.4, -0.2) is 13.0 Å². The summed E-state index contributed by atoms with van der Waals surface area (Å²) in [4.78, 5) is 11.7. The molecule has 0 aromatic heterocycles. The number of hydrogen-bond donors (Lipinski definition) is 1. The molecule has 24 heavy (non-hydrogen) atoms. The highest BCUT2D eigenvalue weighted by molar-refractivity contribution is 5.79. The van der Waals surface area contributed by atoms with Crippen molar-refractivity contribution in [2.75, 3.05) is 7.11 Å². The van der Waals surface area contributed by atoms with E-state index in [4.69, 9.17) is 4.74 Å². The lowest BCUT2D eigenvalue weighted by atomic mass is 9.90. The van der Waals surface area contributed by atoms with Crippen LogP contribution >= 0.6 is 0 Å². The normalized spacial score (nSPS) is 16.0. The second kappa shape index (κ2) is 6.31. The van der Waals surface area contributed by atoms with Crippen molar-refractivity contribution >= 4 is 5.91 Å². The fourth-order valence-corrected chi connectivity index (χ4v) is 3.76. The molecular formula is C21H25NO2. The molecule has 1 N–H and O–H groups in total. The van der Waals surface area contributed by atoms with Crippen LogP contribution in [0.4, 0.5) is 0 Å². The zero-order valence-electron chi connectivity index (χ0n) is 15.1. The molecule has 0 unspecified atom stereocenters. The summed E-state index contributed by atoms with van der Waals surface area (Å²) in [7, 11) is 1.74. The van der Waals surface area contributed by atoms with E-state index in [0.717, 1.165) is 18.6 Å².